The second-order valence-electron chi connectivity index (χ2n) is 8.69. The molecule has 0 aliphatic rings. The van der Waals surface area contributed by atoms with Crippen LogP contribution in [0.4, 0.5) is 4.79 Å². The molecule has 7 heteroatoms. The number of amides is 1. The summed E-state index contributed by atoms with van der Waals surface area (Å²) in [6, 6.07) is 9.58. The highest BCUT2D eigenvalue weighted by atomic mass is 28.3. The Morgan fingerprint density at radius 1 is 1.11 bits per heavy atom. The normalized spacial score (nSPS) is 13.0. The van der Waals surface area contributed by atoms with E-state index >= 15 is 0 Å². The van der Waals surface area contributed by atoms with Gasteiger partial charge in [-0.3, -0.25) is 0 Å². The highest BCUT2D eigenvalue weighted by Gasteiger charge is 2.26. The second-order valence-corrected chi connectivity index (χ2v) is 14.3. The maximum absolute atomic E-state index is 12.4. The third kappa shape index (κ3) is 11.5. The smallest absolute Gasteiger partial charge is 0.408 e. The van der Waals surface area contributed by atoms with E-state index in [9.17, 15) is 9.59 Å². The van der Waals surface area contributed by atoms with Crippen LogP contribution in [-0.4, -0.2) is 45.2 Å². The Morgan fingerprint density at radius 2 is 1.74 bits per heavy atom. The minimum Gasteiger partial charge on any atom is -0.444 e. The van der Waals surface area contributed by atoms with Gasteiger partial charge in [-0.1, -0.05) is 50.0 Å². The number of carbonyl (C=O) groups is 2. The molecule has 0 aliphatic heterocycles. The highest BCUT2D eigenvalue weighted by molar-refractivity contribution is 6.76. The van der Waals surface area contributed by atoms with E-state index in [4.69, 9.17) is 14.2 Å². The van der Waals surface area contributed by atoms with Crippen LogP contribution in [-0.2, 0) is 25.4 Å². The molecule has 1 aromatic carbocycles. The van der Waals surface area contributed by atoms with Gasteiger partial charge in [0.15, 0.2) is 6.79 Å². The van der Waals surface area contributed by atoms with Crippen molar-refractivity contribution < 1.29 is 23.8 Å². The molecule has 0 saturated heterocycles. The molecule has 27 heavy (non-hydrogen) atoms. The molecule has 0 radical (unpaired) electrons. The third-order valence-corrected chi connectivity index (χ3v) is 5.24. The zero-order valence-electron chi connectivity index (χ0n) is 17.3. The topological polar surface area (TPSA) is 73.9 Å². The maximum atomic E-state index is 12.4. The second kappa shape index (κ2) is 10.5. The fraction of sp³-hybridized carbons (Fsp3) is 0.600. The lowest BCUT2D eigenvalue weighted by Gasteiger charge is -2.23. The number of rotatable bonds is 9. The van der Waals surface area contributed by atoms with E-state index in [-0.39, 0.29) is 6.79 Å². The minimum absolute atomic E-state index is 0.120. The average molecular weight is 396 g/mol. The van der Waals surface area contributed by atoms with Crippen LogP contribution in [0, 0.1) is 0 Å². The number of hydrogen-bond acceptors (Lipinski definition) is 5. The minimum atomic E-state index is -1.19. The first-order valence-corrected chi connectivity index (χ1v) is 12.9. The Labute approximate surface area is 163 Å². The number of esters is 1. The molecule has 1 N–H and O–H groups in total. The molecular formula is C20H33NO5Si. The summed E-state index contributed by atoms with van der Waals surface area (Å²) in [6.45, 7) is 12.5. The van der Waals surface area contributed by atoms with Gasteiger partial charge in [-0.05, 0) is 32.4 Å². The predicted molar refractivity (Wildman–Crippen MR) is 108 cm³/mol. The molecule has 0 unspecified atom stereocenters. The number of carbonyl (C=O) groups excluding carboxylic acids is 2. The molecule has 0 spiro atoms. The Bertz CT molecular complexity index is 593. The Morgan fingerprint density at radius 3 is 2.30 bits per heavy atom. The first kappa shape index (κ1) is 23.2. The SMILES string of the molecule is CC(C)(C)OC(=O)N[C@@H](Cc1ccccc1)C(=O)OCOCC[Si](C)(C)C. The Kier molecular flexibility index (Phi) is 8.98. The predicted octanol–water partition coefficient (Wildman–Crippen LogP) is 3.98. The van der Waals surface area contributed by atoms with Crippen LogP contribution < -0.4 is 5.32 Å². The van der Waals surface area contributed by atoms with Gasteiger partial charge in [-0.15, -0.1) is 0 Å². The number of alkyl carbamates (subject to hydrolysis) is 1. The standard InChI is InChI=1S/C20H33NO5Si/c1-20(2,3)26-19(23)21-17(14-16-10-8-7-9-11-16)18(22)25-15-24-12-13-27(4,5)6/h7-11,17H,12-15H2,1-6H3,(H,21,23)/t17-/m0/s1. The van der Waals surface area contributed by atoms with Gasteiger partial charge in [0.05, 0.1) is 0 Å². The van der Waals surface area contributed by atoms with Gasteiger partial charge in [0, 0.05) is 21.1 Å². The summed E-state index contributed by atoms with van der Waals surface area (Å²) in [4.78, 5) is 24.5. The van der Waals surface area contributed by atoms with Crippen LogP contribution >= 0.6 is 0 Å². The number of nitrogens with one attached hydrogen (secondary N) is 1. The maximum Gasteiger partial charge on any atom is 0.408 e. The first-order valence-electron chi connectivity index (χ1n) is 9.24. The summed E-state index contributed by atoms with van der Waals surface area (Å²) in [6.07, 6.45) is -0.339. The average Bonchev–Trinajstić information content (AvgIpc) is 2.52. The number of hydrogen-bond donors (Lipinski definition) is 1. The largest absolute Gasteiger partial charge is 0.444 e. The zero-order valence-corrected chi connectivity index (χ0v) is 18.3. The van der Waals surface area contributed by atoms with Crippen molar-refractivity contribution in [2.75, 3.05) is 13.4 Å². The van der Waals surface area contributed by atoms with Gasteiger partial charge in [0.25, 0.3) is 0 Å². The lowest BCUT2D eigenvalue weighted by molar-refractivity contribution is -0.158. The fourth-order valence-corrected chi connectivity index (χ4v) is 2.89. The summed E-state index contributed by atoms with van der Waals surface area (Å²) in [5, 5.41) is 2.60. The Hall–Kier alpha value is -1.86. The third-order valence-electron chi connectivity index (χ3n) is 3.54. The van der Waals surface area contributed by atoms with Gasteiger partial charge in [0.2, 0.25) is 0 Å². The zero-order chi connectivity index (χ0) is 20.5. The highest BCUT2D eigenvalue weighted by Crippen LogP contribution is 2.10. The van der Waals surface area contributed by atoms with Crippen molar-refractivity contribution in [3.63, 3.8) is 0 Å². The van der Waals surface area contributed by atoms with Crippen LogP contribution in [0.2, 0.25) is 25.7 Å². The summed E-state index contributed by atoms with van der Waals surface area (Å²) >= 11 is 0. The van der Waals surface area contributed by atoms with Gasteiger partial charge < -0.3 is 19.5 Å². The lowest BCUT2D eigenvalue weighted by Crippen LogP contribution is -2.45. The monoisotopic (exact) mass is 395 g/mol. The molecule has 1 atom stereocenters. The molecular weight excluding hydrogens is 362 g/mol. The van der Waals surface area contributed by atoms with Crippen LogP contribution in [0.5, 0.6) is 0 Å². The summed E-state index contributed by atoms with van der Waals surface area (Å²) in [5.74, 6) is -0.544. The quantitative estimate of drug-likeness (QED) is 0.296. The van der Waals surface area contributed by atoms with Gasteiger partial charge >= 0.3 is 12.1 Å². The number of benzene rings is 1. The Balaban J connectivity index is 2.61. The molecule has 1 aromatic rings. The fourth-order valence-electron chi connectivity index (χ4n) is 2.13. The van der Waals surface area contributed by atoms with Crippen molar-refractivity contribution in [3.8, 4) is 0 Å². The van der Waals surface area contributed by atoms with Crippen molar-refractivity contribution in [2.45, 2.75) is 64.5 Å². The summed E-state index contributed by atoms with van der Waals surface area (Å²) in [7, 11) is -1.19. The van der Waals surface area contributed by atoms with Crippen molar-refractivity contribution in [1.29, 1.82) is 0 Å². The van der Waals surface area contributed by atoms with Crippen molar-refractivity contribution in [1.82, 2.24) is 5.32 Å². The molecule has 1 rings (SSSR count). The van der Waals surface area contributed by atoms with E-state index in [0.717, 1.165) is 11.6 Å². The summed E-state index contributed by atoms with van der Waals surface area (Å²) < 4.78 is 15.9. The molecule has 0 aromatic heterocycles. The van der Waals surface area contributed by atoms with Crippen molar-refractivity contribution in [3.05, 3.63) is 35.9 Å². The van der Waals surface area contributed by atoms with Gasteiger partial charge in [-0.25, -0.2) is 9.59 Å². The molecule has 152 valence electrons. The van der Waals surface area contributed by atoms with E-state index in [1.165, 1.54) is 0 Å². The molecule has 0 aliphatic carbocycles. The van der Waals surface area contributed by atoms with E-state index < -0.39 is 31.8 Å². The molecule has 0 saturated carbocycles. The van der Waals surface area contributed by atoms with Crippen LogP contribution in [0.25, 0.3) is 0 Å². The van der Waals surface area contributed by atoms with E-state index in [0.29, 0.717) is 13.0 Å². The van der Waals surface area contributed by atoms with E-state index in [2.05, 4.69) is 25.0 Å². The van der Waals surface area contributed by atoms with E-state index in [1.54, 1.807) is 20.8 Å². The summed E-state index contributed by atoms with van der Waals surface area (Å²) in [5.41, 5.74) is 0.265. The first-order chi connectivity index (χ1) is 12.5. The van der Waals surface area contributed by atoms with Crippen LogP contribution in [0.3, 0.4) is 0 Å². The van der Waals surface area contributed by atoms with E-state index in [1.807, 2.05) is 30.3 Å². The molecule has 0 heterocycles. The van der Waals surface area contributed by atoms with Crippen LogP contribution in [0.1, 0.15) is 26.3 Å². The lowest BCUT2D eigenvalue weighted by atomic mass is 10.1. The molecule has 6 nitrogen and oxygen atoms in total. The molecule has 0 fully saturated rings. The van der Waals surface area contributed by atoms with Gasteiger partial charge in [0.1, 0.15) is 11.6 Å². The molecule has 0 bridgehead atoms. The van der Waals surface area contributed by atoms with Crippen molar-refractivity contribution in [2.24, 2.45) is 0 Å². The van der Waals surface area contributed by atoms with Crippen molar-refractivity contribution >= 4 is 20.1 Å². The van der Waals surface area contributed by atoms with Crippen LogP contribution in [0.15, 0.2) is 30.3 Å². The number of ether oxygens (including phenoxy) is 3. The molecule has 1 amide bonds. The van der Waals surface area contributed by atoms with Gasteiger partial charge in [-0.2, -0.15) is 0 Å².